The number of halogens is 1. The van der Waals surface area contributed by atoms with Crippen molar-refractivity contribution in [3.63, 3.8) is 0 Å². The third-order valence-corrected chi connectivity index (χ3v) is 3.90. The fourth-order valence-corrected chi connectivity index (χ4v) is 2.72. The van der Waals surface area contributed by atoms with E-state index in [2.05, 4.69) is 14.9 Å². The summed E-state index contributed by atoms with van der Waals surface area (Å²) in [6.07, 6.45) is 1.27. The SMILES string of the molecule is Cc1cc(CNS(=O)(=O)c2cc(Cl)cnc2N)no1. The van der Waals surface area contributed by atoms with Crippen LogP contribution in [0.3, 0.4) is 0 Å². The molecule has 0 atom stereocenters. The molecule has 0 spiro atoms. The van der Waals surface area contributed by atoms with Crippen LogP contribution in [-0.4, -0.2) is 18.6 Å². The summed E-state index contributed by atoms with van der Waals surface area (Å²) in [4.78, 5) is 3.53. The highest BCUT2D eigenvalue weighted by Crippen LogP contribution is 2.20. The Morgan fingerprint density at radius 1 is 1.47 bits per heavy atom. The summed E-state index contributed by atoms with van der Waals surface area (Å²) >= 11 is 5.71. The molecule has 2 aromatic heterocycles. The summed E-state index contributed by atoms with van der Waals surface area (Å²) in [5, 5.41) is 3.86. The van der Waals surface area contributed by atoms with Gasteiger partial charge < -0.3 is 10.3 Å². The molecule has 3 N–H and O–H groups in total. The van der Waals surface area contributed by atoms with E-state index in [1.54, 1.807) is 13.0 Å². The molecule has 2 rings (SSSR count). The fourth-order valence-electron chi connectivity index (χ4n) is 1.39. The molecule has 2 aromatic rings. The van der Waals surface area contributed by atoms with E-state index in [9.17, 15) is 8.42 Å². The molecular weight excluding hydrogens is 292 g/mol. The normalized spacial score (nSPS) is 11.7. The zero-order valence-corrected chi connectivity index (χ0v) is 11.5. The van der Waals surface area contributed by atoms with Crippen molar-refractivity contribution in [1.82, 2.24) is 14.9 Å². The van der Waals surface area contributed by atoms with Crippen LogP contribution in [0.5, 0.6) is 0 Å². The first-order chi connectivity index (χ1) is 8.88. The van der Waals surface area contributed by atoms with E-state index in [4.69, 9.17) is 21.9 Å². The second kappa shape index (κ2) is 5.16. The zero-order valence-electron chi connectivity index (χ0n) is 9.92. The number of anilines is 1. The maximum absolute atomic E-state index is 12.0. The number of hydrogen-bond acceptors (Lipinski definition) is 6. The van der Waals surface area contributed by atoms with Crippen LogP contribution in [0.25, 0.3) is 0 Å². The third kappa shape index (κ3) is 3.22. The highest BCUT2D eigenvalue weighted by atomic mass is 35.5. The molecule has 0 bridgehead atoms. The number of rotatable bonds is 4. The molecule has 9 heteroatoms. The van der Waals surface area contributed by atoms with Gasteiger partial charge in [0.05, 0.1) is 17.3 Å². The molecule has 0 unspecified atom stereocenters. The van der Waals surface area contributed by atoms with Crippen molar-refractivity contribution in [3.8, 4) is 0 Å². The quantitative estimate of drug-likeness (QED) is 0.874. The highest BCUT2D eigenvalue weighted by Gasteiger charge is 2.19. The lowest BCUT2D eigenvalue weighted by atomic mass is 10.4. The predicted octanol–water partition coefficient (Wildman–Crippen LogP) is 1.09. The average molecular weight is 303 g/mol. The van der Waals surface area contributed by atoms with E-state index in [1.165, 1.54) is 12.3 Å². The number of nitrogen functional groups attached to an aromatic ring is 1. The molecule has 0 aromatic carbocycles. The van der Waals surface area contributed by atoms with Crippen LogP contribution in [0.1, 0.15) is 11.5 Å². The molecule has 2 heterocycles. The van der Waals surface area contributed by atoms with E-state index < -0.39 is 10.0 Å². The number of nitrogens with one attached hydrogen (secondary N) is 1. The Kier molecular flexibility index (Phi) is 3.74. The number of pyridine rings is 1. The van der Waals surface area contributed by atoms with E-state index in [1.807, 2.05) is 0 Å². The monoisotopic (exact) mass is 302 g/mol. The first-order valence-electron chi connectivity index (χ1n) is 5.21. The van der Waals surface area contributed by atoms with Crippen molar-refractivity contribution < 1.29 is 12.9 Å². The lowest BCUT2D eigenvalue weighted by Crippen LogP contribution is -2.24. The lowest BCUT2D eigenvalue weighted by molar-refractivity contribution is 0.390. The van der Waals surface area contributed by atoms with Crippen molar-refractivity contribution in [2.45, 2.75) is 18.4 Å². The van der Waals surface area contributed by atoms with Crippen molar-refractivity contribution in [2.75, 3.05) is 5.73 Å². The van der Waals surface area contributed by atoms with Gasteiger partial charge in [-0.1, -0.05) is 16.8 Å². The van der Waals surface area contributed by atoms with Gasteiger partial charge in [-0.3, -0.25) is 0 Å². The standard InChI is InChI=1S/C10H11ClN4O3S/c1-6-2-8(15-18-6)5-14-19(16,17)9-3-7(11)4-13-10(9)12/h2-4,14H,5H2,1H3,(H2,12,13). The van der Waals surface area contributed by atoms with Crippen LogP contribution < -0.4 is 10.5 Å². The van der Waals surface area contributed by atoms with Gasteiger partial charge in [0.15, 0.2) is 0 Å². The van der Waals surface area contributed by atoms with Crippen LogP contribution in [0.2, 0.25) is 5.02 Å². The van der Waals surface area contributed by atoms with Crippen LogP contribution >= 0.6 is 11.6 Å². The maximum atomic E-state index is 12.0. The van der Waals surface area contributed by atoms with Gasteiger partial charge >= 0.3 is 0 Å². The molecule has 0 amide bonds. The summed E-state index contributed by atoms with van der Waals surface area (Å²) in [6.45, 7) is 1.70. The van der Waals surface area contributed by atoms with Gasteiger partial charge in [0.2, 0.25) is 10.0 Å². The molecule has 102 valence electrons. The van der Waals surface area contributed by atoms with Crippen LogP contribution in [0.15, 0.2) is 27.7 Å². The smallest absolute Gasteiger partial charge is 0.244 e. The molecular formula is C10H11ClN4O3S. The first-order valence-corrected chi connectivity index (χ1v) is 7.07. The van der Waals surface area contributed by atoms with Crippen molar-refractivity contribution in [1.29, 1.82) is 0 Å². The van der Waals surface area contributed by atoms with Gasteiger partial charge in [0.25, 0.3) is 0 Å². The lowest BCUT2D eigenvalue weighted by Gasteiger charge is -2.07. The topological polar surface area (TPSA) is 111 Å². The molecule has 0 aliphatic rings. The van der Waals surface area contributed by atoms with E-state index in [0.29, 0.717) is 11.5 Å². The molecule has 0 saturated carbocycles. The van der Waals surface area contributed by atoms with Gasteiger partial charge in [-0.2, -0.15) is 0 Å². The number of sulfonamides is 1. The van der Waals surface area contributed by atoms with Gasteiger partial charge in [-0.05, 0) is 13.0 Å². The Labute approximate surface area is 114 Å². The van der Waals surface area contributed by atoms with E-state index in [0.717, 1.165) is 0 Å². The Balaban J connectivity index is 2.20. The molecule has 0 fully saturated rings. The van der Waals surface area contributed by atoms with Crippen LogP contribution in [0.4, 0.5) is 5.82 Å². The second-order valence-corrected chi connectivity index (χ2v) is 5.96. The number of nitrogens with zero attached hydrogens (tertiary/aromatic N) is 2. The third-order valence-electron chi connectivity index (χ3n) is 2.26. The summed E-state index contributed by atoms with van der Waals surface area (Å²) in [7, 11) is -3.81. The Morgan fingerprint density at radius 2 is 2.21 bits per heavy atom. The van der Waals surface area contributed by atoms with E-state index in [-0.39, 0.29) is 22.3 Å². The van der Waals surface area contributed by atoms with Crippen molar-refractivity contribution in [3.05, 3.63) is 34.8 Å². The fraction of sp³-hybridized carbons (Fsp3) is 0.200. The first kappa shape index (κ1) is 13.8. The minimum Gasteiger partial charge on any atom is -0.383 e. The molecule has 19 heavy (non-hydrogen) atoms. The number of nitrogens with two attached hydrogens (primary N) is 1. The van der Waals surface area contributed by atoms with Crippen molar-refractivity contribution in [2.24, 2.45) is 0 Å². The minimum absolute atomic E-state index is 0.00831. The number of aryl methyl sites for hydroxylation is 1. The second-order valence-electron chi connectivity index (χ2n) is 3.79. The summed E-state index contributed by atoms with van der Waals surface area (Å²) in [5.41, 5.74) is 5.99. The number of hydrogen-bond donors (Lipinski definition) is 2. The minimum atomic E-state index is -3.81. The summed E-state index contributed by atoms with van der Waals surface area (Å²) < 4.78 is 31.3. The predicted molar refractivity (Wildman–Crippen MR) is 68.9 cm³/mol. The van der Waals surface area contributed by atoms with Crippen LogP contribution in [0, 0.1) is 6.92 Å². The molecule has 0 aliphatic heterocycles. The molecule has 0 aliphatic carbocycles. The number of aromatic nitrogens is 2. The Bertz CT molecular complexity index is 699. The average Bonchev–Trinajstić information content (AvgIpc) is 2.76. The molecule has 0 saturated heterocycles. The van der Waals surface area contributed by atoms with Gasteiger partial charge in [0.1, 0.15) is 16.5 Å². The Morgan fingerprint density at radius 3 is 2.84 bits per heavy atom. The van der Waals surface area contributed by atoms with Gasteiger partial charge in [-0.25, -0.2) is 18.1 Å². The maximum Gasteiger partial charge on any atom is 0.244 e. The van der Waals surface area contributed by atoms with E-state index >= 15 is 0 Å². The van der Waals surface area contributed by atoms with Gasteiger partial charge in [-0.15, -0.1) is 0 Å². The van der Waals surface area contributed by atoms with Crippen molar-refractivity contribution >= 4 is 27.4 Å². The van der Waals surface area contributed by atoms with Gasteiger partial charge in [0, 0.05) is 12.3 Å². The largest absolute Gasteiger partial charge is 0.383 e. The van der Waals surface area contributed by atoms with Crippen LogP contribution in [-0.2, 0) is 16.6 Å². The molecule has 0 radical (unpaired) electrons. The summed E-state index contributed by atoms with van der Waals surface area (Å²) in [6, 6.07) is 2.86. The Hall–Kier alpha value is -1.64. The summed E-state index contributed by atoms with van der Waals surface area (Å²) in [5.74, 6) is 0.478. The molecule has 7 nitrogen and oxygen atoms in total. The zero-order chi connectivity index (χ0) is 14.0. The highest BCUT2D eigenvalue weighted by molar-refractivity contribution is 7.89.